The third-order valence-corrected chi connectivity index (χ3v) is 7.59. The summed E-state index contributed by atoms with van der Waals surface area (Å²) in [5.74, 6) is 0. The Morgan fingerprint density at radius 2 is 1.05 bits per heavy atom. The molecule has 0 bridgehead atoms. The number of halogens is 1. The maximum absolute atomic E-state index is 7.38. The van der Waals surface area contributed by atoms with Crippen LogP contribution in [0.1, 0.15) is 5.69 Å². The van der Waals surface area contributed by atoms with E-state index in [0.717, 1.165) is 56.2 Å². The minimum Gasteiger partial charge on any atom is -0.438 e. The molecule has 7 rings (SSSR count). The van der Waals surface area contributed by atoms with Crippen LogP contribution < -0.4 is 9.80 Å². The zero-order valence-corrected chi connectivity index (χ0v) is 23.2. The Bertz CT molecular complexity index is 1930. The molecule has 0 aliphatic carbocycles. The molecule has 2 aromatic heterocycles. The van der Waals surface area contributed by atoms with Crippen molar-refractivity contribution in [2.45, 2.75) is 6.92 Å². The zero-order valence-electron chi connectivity index (χ0n) is 22.4. The fourth-order valence-corrected chi connectivity index (χ4v) is 5.61. The van der Waals surface area contributed by atoms with Gasteiger partial charge in [-0.1, -0.05) is 72.3 Å². The maximum Gasteiger partial charge on any atom is 0.227 e. The summed E-state index contributed by atoms with van der Waals surface area (Å²) in [7, 11) is 0. The fourth-order valence-electron chi connectivity index (χ4n) is 5.32. The Kier molecular flexibility index (Phi) is 6.38. The Hall–Kier alpha value is -5.06. The molecule has 0 aliphatic heterocycles. The predicted molar refractivity (Wildman–Crippen MR) is 171 cm³/mol. The van der Waals surface area contributed by atoms with Gasteiger partial charge in [-0.3, -0.25) is 0 Å². The lowest BCUT2D eigenvalue weighted by atomic mass is 10.1. The number of pyridine rings is 1. The first-order chi connectivity index (χ1) is 20.2. The zero-order chi connectivity index (χ0) is 27.8. The molecule has 198 valence electrons. The molecular formula is C36H26ClN3O. The van der Waals surface area contributed by atoms with Gasteiger partial charge in [-0.2, -0.15) is 0 Å². The highest BCUT2D eigenvalue weighted by molar-refractivity contribution is 6.36. The van der Waals surface area contributed by atoms with Crippen LogP contribution in [0, 0.1) is 6.92 Å². The predicted octanol–water partition coefficient (Wildman–Crippen LogP) is 10.9. The molecule has 41 heavy (non-hydrogen) atoms. The lowest BCUT2D eigenvalue weighted by Gasteiger charge is -2.30. The van der Waals surface area contributed by atoms with E-state index in [2.05, 4.69) is 93.6 Å². The van der Waals surface area contributed by atoms with Gasteiger partial charge in [-0.25, -0.2) is 4.98 Å². The van der Waals surface area contributed by atoms with Crippen molar-refractivity contribution in [2.75, 3.05) is 9.80 Å². The van der Waals surface area contributed by atoms with Crippen molar-refractivity contribution in [1.82, 2.24) is 4.98 Å². The average Bonchev–Trinajstić information content (AvgIpc) is 3.37. The van der Waals surface area contributed by atoms with Crippen molar-refractivity contribution < 1.29 is 4.42 Å². The SMILES string of the molecule is Cc1ccc2c(n1)oc1cc(N(c3ccccc3)c3cccc(N(c4ccccc4)c4ccccc4)c3Cl)ccc12. The van der Waals surface area contributed by atoms with E-state index in [4.69, 9.17) is 16.0 Å². The standard InChI is InChI=1S/C36H26ClN3O/c1-25-20-22-31-30-23-21-29(24-34(30)41-36(31)38-25)40(28-16-9-4-10-17-28)33-19-11-18-32(35(33)37)39(26-12-5-2-6-13-26)27-14-7-3-8-15-27/h2-24H,1H3. The van der Waals surface area contributed by atoms with E-state index in [9.17, 15) is 0 Å². The van der Waals surface area contributed by atoms with Crippen molar-refractivity contribution in [1.29, 1.82) is 0 Å². The van der Waals surface area contributed by atoms with Crippen LogP contribution >= 0.6 is 11.6 Å². The molecule has 7 aromatic rings. The average molecular weight is 552 g/mol. The first-order valence-electron chi connectivity index (χ1n) is 13.5. The summed E-state index contributed by atoms with van der Waals surface area (Å²) in [4.78, 5) is 8.96. The van der Waals surface area contributed by atoms with E-state index in [1.54, 1.807) is 0 Å². The monoisotopic (exact) mass is 551 g/mol. The smallest absolute Gasteiger partial charge is 0.227 e. The van der Waals surface area contributed by atoms with E-state index >= 15 is 0 Å². The number of anilines is 6. The van der Waals surface area contributed by atoms with Crippen LogP contribution in [0.15, 0.2) is 144 Å². The number of para-hydroxylation sites is 3. The van der Waals surface area contributed by atoms with Crippen LogP contribution in [0.3, 0.4) is 0 Å². The molecule has 5 heteroatoms. The minimum absolute atomic E-state index is 0.631. The van der Waals surface area contributed by atoms with Gasteiger partial charge in [0.05, 0.1) is 16.4 Å². The molecule has 0 spiro atoms. The summed E-state index contributed by atoms with van der Waals surface area (Å²) in [6, 6.07) is 47.4. The first kappa shape index (κ1) is 24.9. The number of rotatable bonds is 6. The molecule has 0 saturated heterocycles. The molecule has 2 heterocycles. The second kappa shape index (κ2) is 10.5. The number of benzene rings is 5. The Morgan fingerprint density at radius 1 is 0.537 bits per heavy atom. The quantitative estimate of drug-likeness (QED) is 0.206. The third-order valence-electron chi connectivity index (χ3n) is 7.20. The van der Waals surface area contributed by atoms with Gasteiger partial charge in [0.1, 0.15) is 5.58 Å². The van der Waals surface area contributed by atoms with Gasteiger partial charge in [0.25, 0.3) is 0 Å². The molecule has 0 N–H and O–H groups in total. The highest BCUT2D eigenvalue weighted by Crippen LogP contribution is 2.47. The first-order valence-corrected chi connectivity index (χ1v) is 13.9. The summed E-state index contributed by atoms with van der Waals surface area (Å²) in [5, 5.41) is 2.67. The van der Waals surface area contributed by atoms with E-state index in [-0.39, 0.29) is 0 Å². The Balaban J connectivity index is 1.42. The molecule has 0 aliphatic rings. The highest BCUT2D eigenvalue weighted by Gasteiger charge is 2.22. The van der Waals surface area contributed by atoms with Gasteiger partial charge in [0.15, 0.2) is 0 Å². The van der Waals surface area contributed by atoms with Gasteiger partial charge >= 0.3 is 0 Å². The Labute approximate surface area is 243 Å². The van der Waals surface area contributed by atoms with Crippen LogP contribution in [-0.4, -0.2) is 4.98 Å². The number of furan rings is 1. The van der Waals surface area contributed by atoms with Crippen molar-refractivity contribution >= 4 is 67.8 Å². The lowest BCUT2D eigenvalue weighted by molar-refractivity contribution is 0.652. The molecule has 0 saturated carbocycles. The van der Waals surface area contributed by atoms with E-state index < -0.39 is 0 Å². The lowest BCUT2D eigenvalue weighted by Crippen LogP contribution is -2.14. The van der Waals surface area contributed by atoms with Crippen LogP contribution in [0.2, 0.25) is 5.02 Å². The van der Waals surface area contributed by atoms with E-state index in [1.807, 2.05) is 67.6 Å². The van der Waals surface area contributed by atoms with Gasteiger partial charge in [-0.15, -0.1) is 0 Å². The van der Waals surface area contributed by atoms with Crippen molar-refractivity contribution in [3.8, 4) is 0 Å². The molecule has 0 radical (unpaired) electrons. The molecular weight excluding hydrogens is 526 g/mol. The molecule has 5 aromatic carbocycles. The highest BCUT2D eigenvalue weighted by atomic mass is 35.5. The summed E-state index contributed by atoms with van der Waals surface area (Å²) in [6.07, 6.45) is 0. The summed E-state index contributed by atoms with van der Waals surface area (Å²) < 4.78 is 6.22. The van der Waals surface area contributed by atoms with Gasteiger partial charge in [0.2, 0.25) is 5.71 Å². The van der Waals surface area contributed by atoms with Crippen molar-refractivity contribution in [3.05, 3.63) is 150 Å². The van der Waals surface area contributed by atoms with Crippen LogP contribution in [0.4, 0.5) is 34.1 Å². The molecule has 0 atom stereocenters. The van der Waals surface area contributed by atoms with E-state index in [1.165, 1.54) is 0 Å². The molecule has 0 fully saturated rings. The molecule has 4 nitrogen and oxygen atoms in total. The minimum atomic E-state index is 0.631. The number of fused-ring (bicyclic) bond motifs is 3. The number of hydrogen-bond acceptors (Lipinski definition) is 4. The maximum atomic E-state index is 7.38. The summed E-state index contributed by atoms with van der Waals surface area (Å²) in [5.41, 5.74) is 8.05. The second-order valence-electron chi connectivity index (χ2n) is 9.88. The number of aromatic nitrogens is 1. The van der Waals surface area contributed by atoms with Crippen LogP contribution in [-0.2, 0) is 0 Å². The van der Waals surface area contributed by atoms with E-state index in [0.29, 0.717) is 10.7 Å². The third kappa shape index (κ3) is 4.58. The van der Waals surface area contributed by atoms with Crippen molar-refractivity contribution in [3.63, 3.8) is 0 Å². The topological polar surface area (TPSA) is 32.5 Å². The normalized spacial score (nSPS) is 11.2. The largest absolute Gasteiger partial charge is 0.438 e. The molecule has 0 unspecified atom stereocenters. The number of hydrogen-bond donors (Lipinski definition) is 0. The number of nitrogens with zero attached hydrogens (tertiary/aromatic N) is 3. The number of aryl methyl sites for hydroxylation is 1. The van der Waals surface area contributed by atoms with Gasteiger partial charge in [-0.05, 0) is 79.7 Å². The van der Waals surface area contributed by atoms with Crippen molar-refractivity contribution in [2.24, 2.45) is 0 Å². The van der Waals surface area contributed by atoms with Crippen LogP contribution in [0.5, 0.6) is 0 Å². The fraction of sp³-hybridized carbons (Fsp3) is 0.0278. The van der Waals surface area contributed by atoms with Crippen LogP contribution in [0.25, 0.3) is 22.1 Å². The molecule has 0 amide bonds. The van der Waals surface area contributed by atoms with Gasteiger partial charge < -0.3 is 14.2 Å². The second-order valence-corrected chi connectivity index (χ2v) is 10.3. The summed E-state index contributed by atoms with van der Waals surface area (Å²) in [6.45, 7) is 1.97. The summed E-state index contributed by atoms with van der Waals surface area (Å²) >= 11 is 7.38. The Morgan fingerprint density at radius 3 is 1.61 bits per heavy atom. The van der Waals surface area contributed by atoms with Gasteiger partial charge in [0, 0.05) is 45.3 Å².